The number of hydrogen-bond acceptors (Lipinski definition) is 38. The molecule has 0 saturated carbocycles. The maximum Gasteiger partial charge on any atom is 0.364 e. The Bertz CT molecular complexity index is 2540. The van der Waals surface area contributed by atoms with Crippen LogP contribution in [0.15, 0.2) is 0 Å². The maximum absolute atomic E-state index is 13.1. The molecule has 0 aromatic carbocycles. The molecule has 36 atom stereocenters. The van der Waals surface area contributed by atoms with Crippen LogP contribution in [0.3, 0.4) is 0 Å². The fraction of sp³-hybridized carbons (Fsp3) is 0.906. The molecule has 0 bridgehead atoms. The third-order valence-electron chi connectivity index (χ3n) is 17.1. The second-order valence-corrected chi connectivity index (χ2v) is 24.0. The highest BCUT2D eigenvalue weighted by Crippen LogP contribution is 2.40. The molecule has 43 heteroatoms. The van der Waals surface area contributed by atoms with Crippen molar-refractivity contribution in [2.24, 2.45) is 0 Å². The first-order valence-electron chi connectivity index (χ1n) is 30.2. The number of amides is 4. The minimum absolute atomic E-state index is 0.842. The van der Waals surface area contributed by atoms with Gasteiger partial charge in [0.15, 0.2) is 37.7 Å². The SMILES string of the molecule is CC(=O)N[C@H]1[C@H](OC[C@H]2OC(O)[C@H](NC(C)=O)[C@@H](O[C@@H]3O[C@H](CO)[C@H](O)[C@H](O[C@]4(C(=O)O)C[C@H](O)[C@@H](NC(C)=O)[C@H]([C@H](O)[C@H](O)CO)O4)[C@H]3O)[C@H]2O)O[C@H](CO)[C@@H](O[C@@H]2O[C@H](CO)[C@H](O[C@@H]3O[C@H](CO)[C@@H](O)[C@H](O[C@@H]4O[C@H](CO)[C@H](O)[C@H](O)[C@H]4O)[C@H]3NC(C)=O)[C@H](O)[C@H]2O)[C@@H]1O. The predicted molar refractivity (Wildman–Crippen MR) is 295 cm³/mol. The minimum atomic E-state index is -3.23. The lowest BCUT2D eigenvalue weighted by molar-refractivity contribution is -0.382. The molecule has 7 aliphatic heterocycles. The first-order valence-corrected chi connectivity index (χ1v) is 30.2. The molecule has 554 valence electrons. The van der Waals surface area contributed by atoms with E-state index in [9.17, 15) is 131 Å². The van der Waals surface area contributed by atoms with Gasteiger partial charge in [-0.25, -0.2) is 4.79 Å². The van der Waals surface area contributed by atoms with Crippen molar-refractivity contribution in [1.82, 2.24) is 21.3 Å². The number of nitrogens with one attached hydrogen (secondary N) is 4. The fourth-order valence-corrected chi connectivity index (χ4v) is 12.2. The molecule has 7 heterocycles. The van der Waals surface area contributed by atoms with Crippen LogP contribution in [0.25, 0.3) is 0 Å². The Hall–Kier alpha value is -3.97. The number of carboxylic acids is 1. The Morgan fingerprint density at radius 2 is 0.833 bits per heavy atom. The van der Waals surface area contributed by atoms with Crippen molar-refractivity contribution in [2.75, 3.05) is 46.2 Å². The summed E-state index contributed by atoms with van der Waals surface area (Å²) in [5.41, 5.74) is 0. The molecule has 0 aromatic heterocycles. The van der Waals surface area contributed by atoms with E-state index >= 15 is 0 Å². The average Bonchev–Trinajstić information content (AvgIpc) is 0.767. The zero-order valence-corrected chi connectivity index (χ0v) is 51.6. The van der Waals surface area contributed by atoms with Gasteiger partial charge in [0, 0.05) is 34.1 Å². The third-order valence-corrected chi connectivity index (χ3v) is 17.1. The molecule has 0 radical (unpaired) electrons. The van der Waals surface area contributed by atoms with Gasteiger partial charge in [0.1, 0.15) is 165 Å². The monoisotopic (exact) mass is 1400 g/mol. The molecule has 1 unspecified atom stereocenters. The Labute approximate surface area is 543 Å². The largest absolute Gasteiger partial charge is 0.477 e. The Kier molecular flexibility index (Phi) is 28.2. The summed E-state index contributed by atoms with van der Waals surface area (Å²) >= 11 is 0. The van der Waals surface area contributed by atoms with Crippen LogP contribution in [0.4, 0.5) is 0 Å². The molecular formula is C53H88N4O39. The average molecular weight is 1410 g/mol. The molecule has 7 fully saturated rings. The molecule has 96 heavy (non-hydrogen) atoms. The number of carboxylic acid groups (broad SMARTS) is 1. The van der Waals surface area contributed by atoms with Gasteiger partial charge in [-0.05, 0) is 0 Å². The van der Waals surface area contributed by atoms with Crippen molar-refractivity contribution in [3.8, 4) is 0 Å². The van der Waals surface area contributed by atoms with Gasteiger partial charge in [-0.15, -0.1) is 0 Å². The van der Waals surface area contributed by atoms with Crippen LogP contribution < -0.4 is 21.3 Å². The Morgan fingerprint density at radius 3 is 1.35 bits per heavy atom. The van der Waals surface area contributed by atoms with Crippen molar-refractivity contribution >= 4 is 29.6 Å². The lowest BCUT2D eigenvalue weighted by Gasteiger charge is -2.51. The number of carbonyl (C=O) groups excluding carboxylic acids is 4. The smallest absolute Gasteiger partial charge is 0.364 e. The van der Waals surface area contributed by atoms with E-state index in [0.717, 1.165) is 27.7 Å². The Morgan fingerprint density at radius 1 is 0.427 bits per heavy atom. The van der Waals surface area contributed by atoms with Crippen LogP contribution in [0.2, 0.25) is 0 Å². The fourth-order valence-electron chi connectivity index (χ4n) is 12.2. The molecule has 0 aliphatic carbocycles. The highest BCUT2D eigenvalue weighted by molar-refractivity contribution is 5.77. The Balaban J connectivity index is 1.07. The number of ether oxygens (including phenoxy) is 13. The molecule has 7 rings (SSSR count). The topological polar surface area (TPSA) is 678 Å². The predicted octanol–water partition coefficient (Wildman–Crippen LogP) is -16.5. The van der Waals surface area contributed by atoms with Crippen LogP contribution in [-0.2, 0) is 85.6 Å². The summed E-state index contributed by atoms with van der Waals surface area (Å²) in [6.07, 6.45) is -64.0. The van der Waals surface area contributed by atoms with E-state index in [1.807, 2.05) is 0 Å². The van der Waals surface area contributed by atoms with Crippen molar-refractivity contribution in [1.29, 1.82) is 0 Å². The van der Waals surface area contributed by atoms with E-state index in [1.54, 1.807) is 0 Å². The lowest BCUT2D eigenvalue weighted by Crippen LogP contribution is -2.71. The third kappa shape index (κ3) is 17.5. The van der Waals surface area contributed by atoms with Crippen molar-refractivity contribution in [2.45, 2.75) is 254 Å². The summed E-state index contributed by atoms with van der Waals surface area (Å²) in [6, 6.07) is -7.05. The molecule has 4 amide bonds. The summed E-state index contributed by atoms with van der Waals surface area (Å²) in [4.78, 5) is 63.1. The zero-order chi connectivity index (χ0) is 71.3. The van der Waals surface area contributed by atoms with Gasteiger partial charge in [-0.2, -0.15) is 0 Å². The van der Waals surface area contributed by atoms with Gasteiger partial charge >= 0.3 is 5.97 Å². The van der Waals surface area contributed by atoms with E-state index in [1.165, 1.54) is 0 Å². The molecule has 43 nitrogen and oxygen atoms in total. The maximum atomic E-state index is 13.1. The van der Waals surface area contributed by atoms with Crippen LogP contribution in [0.5, 0.6) is 0 Å². The van der Waals surface area contributed by atoms with Crippen LogP contribution in [-0.4, -0.2) is 403 Å². The van der Waals surface area contributed by atoms with Crippen LogP contribution in [0.1, 0.15) is 34.1 Å². The normalized spacial score (nSPS) is 46.0. The summed E-state index contributed by atoms with van der Waals surface area (Å²) in [7, 11) is 0. The molecule has 0 spiro atoms. The number of hydrogen-bond donors (Lipinski definition) is 25. The summed E-state index contributed by atoms with van der Waals surface area (Å²) in [5, 5.41) is 238. The minimum Gasteiger partial charge on any atom is -0.477 e. The molecule has 0 aromatic rings. The summed E-state index contributed by atoms with van der Waals surface area (Å²) in [5.74, 6) is -8.81. The second kappa shape index (κ2) is 34.1. The number of aliphatic hydroxyl groups excluding tert-OH is 20. The highest BCUT2D eigenvalue weighted by atomic mass is 16.8. The second-order valence-electron chi connectivity index (χ2n) is 24.0. The number of carbonyl (C=O) groups is 5. The molecule has 7 saturated heterocycles. The standard InChI is InChI=1S/C53H88N4O39/c1-13(64)54-25-17(68)5-53(52(82)83,95-44(25)29(70)18(69)6-58)96-45-32(73)21(9-61)88-51(39(45)80)93-42-27(56-15(3)66)46(81)85-24(33(42)74)12-84-47-26(55-14(2)65)34(75)40(22(10-62)89-47)92-50-38(79)36(77)41(23(11-63)90-50)91-48-28(57-16(4)67)43(31(72)20(8-60)86-48)94-49-37(78)35(76)30(71)19(7-59)87-49/h17-51,58-63,68-81H,5-12H2,1-4H3,(H,54,64)(H,55,65)(H,56,66)(H,57,67)(H,82,83)/t17-,18+,19+,20+,21+,22+,23+,24+,25+,26+,27+,28+,29+,30-,31+,32-,33-,34+,35-,36+,37+,38+,39+,40+,41-,42+,43+,44+,45-,46?,47+,48-,49-,50-,51-,53-/m0/s1. The van der Waals surface area contributed by atoms with Gasteiger partial charge in [-0.3, -0.25) is 19.2 Å². The van der Waals surface area contributed by atoms with Gasteiger partial charge < -0.3 is 190 Å². The molecule has 25 N–H and O–H groups in total. The van der Waals surface area contributed by atoms with Gasteiger partial charge in [0.25, 0.3) is 5.79 Å². The highest BCUT2D eigenvalue weighted by Gasteiger charge is 2.62. The summed E-state index contributed by atoms with van der Waals surface area (Å²) < 4.78 is 75.0. The van der Waals surface area contributed by atoms with E-state index in [-0.39, 0.29) is 0 Å². The van der Waals surface area contributed by atoms with E-state index in [0.29, 0.717) is 0 Å². The van der Waals surface area contributed by atoms with Crippen molar-refractivity contribution in [3.05, 3.63) is 0 Å². The van der Waals surface area contributed by atoms with Gasteiger partial charge in [0.05, 0.1) is 58.4 Å². The number of rotatable bonds is 26. The van der Waals surface area contributed by atoms with Crippen molar-refractivity contribution < 1.29 is 193 Å². The van der Waals surface area contributed by atoms with E-state index < -0.39 is 303 Å². The molecule has 7 aliphatic rings. The van der Waals surface area contributed by atoms with Gasteiger partial charge in [0.2, 0.25) is 23.6 Å². The van der Waals surface area contributed by atoms with Crippen LogP contribution >= 0.6 is 0 Å². The van der Waals surface area contributed by atoms with Crippen molar-refractivity contribution in [3.63, 3.8) is 0 Å². The van der Waals surface area contributed by atoms with E-state index in [4.69, 9.17) is 61.6 Å². The van der Waals surface area contributed by atoms with E-state index in [2.05, 4.69) is 21.3 Å². The van der Waals surface area contributed by atoms with Gasteiger partial charge in [-0.1, -0.05) is 0 Å². The number of aliphatic carboxylic acids is 1. The number of aliphatic hydroxyl groups is 20. The molecular weight excluding hydrogens is 1320 g/mol. The van der Waals surface area contributed by atoms with Crippen LogP contribution in [0, 0.1) is 0 Å². The lowest BCUT2D eigenvalue weighted by atomic mass is 9.88. The summed E-state index contributed by atoms with van der Waals surface area (Å²) in [6.45, 7) is -3.46. The first-order chi connectivity index (χ1) is 45.2. The zero-order valence-electron chi connectivity index (χ0n) is 51.6. The first kappa shape index (κ1) is 79.4. The quantitative estimate of drug-likeness (QED) is 0.0382.